The van der Waals surface area contributed by atoms with Gasteiger partial charge in [-0.25, -0.2) is 4.79 Å². The van der Waals surface area contributed by atoms with Gasteiger partial charge < -0.3 is 10.00 Å². The summed E-state index contributed by atoms with van der Waals surface area (Å²) in [6.07, 6.45) is -1.17. The fourth-order valence-electron chi connectivity index (χ4n) is 3.27. The Labute approximate surface area is 157 Å². The summed E-state index contributed by atoms with van der Waals surface area (Å²) in [5.74, 6) is -1.30. The molecule has 0 aromatic heterocycles. The number of carbonyl (C=O) groups is 1. The molecule has 0 aliphatic rings. The highest BCUT2D eigenvalue weighted by molar-refractivity contribution is 7.53. The third-order valence-corrected chi connectivity index (χ3v) is 6.49. The molecular weight excluding hydrogens is 363 g/mol. The maximum atomic E-state index is 13.1. The van der Waals surface area contributed by atoms with E-state index in [9.17, 15) is 19.4 Å². The molecule has 0 aliphatic carbocycles. The molecule has 3 atom stereocenters. The number of carboxylic acid groups (broad SMARTS) is 1. The zero-order valence-corrected chi connectivity index (χ0v) is 15.8. The minimum atomic E-state index is -4.29. The Morgan fingerprint density at radius 2 is 1.63 bits per heavy atom. The Balaban J connectivity index is 2.00. The second-order valence-electron chi connectivity index (χ2n) is 6.29. The molecule has 0 spiro atoms. The molecule has 3 rings (SSSR count). The fraction of sp³-hybridized carbons (Fsp3) is 0.190. The molecule has 140 valence electrons. The van der Waals surface area contributed by atoms with Crippen molar-refractivity contribution in [2.75, 3.05) is 0 Å². The molecule has 27 heavy (non-hydrogen) atoms. The van der Waals surface area contributed by atoms with Crippen molar-refractivity contribution in [3.63, 3.8) is 0 Å². The van der Waals surface area contributed by atoms with Gasteiger partial charge in [0.2, 0.25) is 0 Å². The van der Waals surface area contributed by atoms with Gasteiger partial charge in [0.05, 0.1) is 5.66 Å². The van der Waals surface area contributed by atoms with Gasteiger partial charge in [0.1, 0.15) is 0 Å². The fourth-order valence-corrected chi connectivity index (χ4v) is 4.97. The van der Waals surface area contributed by atoms with E-state index in [0.29, 0.717) is 17.5 Å². The second-order valence-corrected chi connectivity index (χ2v) is 8.25. The number of benzene rings is 3. The van der Waals surface area contributed by atoms with E-state index in [1.54, 1.807) is 43.3 Å². The van der Waals surface area contributed by atoms with Crippen LogP contribution in [0.25, 0.3) is 10.8 Å². The van der Waals surface area contributed by atoms with Gasteiger partial charge in [0.15, 0.2) is 6.10 Å². The summed E-state index contributed by atoms with van der Waals surface area (Å²) in [7, 11) is -4.29. The van der Waals surface area contributed by atoms with Gasteiger partial charge in [0, 0.05) is 0 Å². The largest absolute Gasteiger partial charge is 0.479 e. The number of hydrogen-bond acceptors (Lipinski definition) is 3. The van der Waals surface area contributed by atoms with E-state index in [0.717, 1.165) is 10.8 Å². The van der Waals surface area contributed by atoms with Crippen LogP contribution in [0.1, 0.15) is 36.2 Å². The molecule has 0 amide bonds. The van der Waals surface area contributed by atoms with Crippen molar-refractivity contribution in [3.05, 3.63) is 83.9 Å². The van der Waals surface area contributed by atoms with E-state index in [1.807, 2.05) is 36.4 Å². The molecule has 3 aromatic carbocycles. The van der Waals surface area contributed by atoms with Crippen molar-refractivity contribution in [3.8, 4) is 0 Å². The summed E-state index contributed by atoms with van der Waals surface area (Å²) in [5, 5.41) is 11.3. The lowest BCUT2D eigenvalue weighted by molar-refractivity contribution is -0.145. The summed E-state index contributed by atoms with van der Waals surface area (Å²) in [4.78, 5) is 22.4. The lowest BCUT2D eigenvalue weighted by Crippen LogP contribution is -2.16. The van der Waals surface area contributed by atoms with Crippen LogP contribution in [0.2, 0.25) is 0 Å². The standard InChI is InChI=1S/C21H21O5P/c1-2-19(18-14-8-12-15-9-6-7-13-17(15)18)27(24,25)26-20(21(22)23)16-10-4-3-5-11-16/h3-14,19-20H,2H2,1H3,(H,22,23)(H,24,25). The van der Waals surface area contributed by atoms with E-state index in [4.69, 9.17) is 4.52 Å². The number of fused-ring (bicyclic) bond motifs is 1. The molecule has 6 heteroatoms. The van der Waals surface area contributed by atoms with Crippen molar-refractivity contribution < 1.29 is 23.9 Å². The zero-order chi connectivity index (χ0) is 19.4. The van der Waals surface area contributed by atoms with E-state index >= 15 is 0 Å². The third kappa shape index (κ3) is 4.11. The summed E-state index contributed by atoms with van der Waals surface area (Å²) in [5.41, 5.74) is 0.180. The van der Waals surface area contributed by atoms with Gasteiger partial charge >= 0.3 is 13.6 Å². The van der Waals surface area contributed by atoms with Crippen LogP contribution in [-0.2, 0) is 13.9 Å². The highest BCUT2D eigenvalue weighted by Crippen LogP contribution is 2.61. The van der Waals surface area contributed by atoms with E-state index in [-0.39, 0.29) is 0 Å². The van der Waals surface area contributed by atoms with Crippen LogP contribution in [0.4, 0.5) is 0 Å². The Hall–Kier alpha value is -2.46. The first-order valence-electron chi connectivity index (χ1n) is 8.70. The van der Waals surface area contributed by atoms with Crippen LogP contribution < -0.4 is 0 Å². The quantitative estimate of drug-likeness (QED) is 0.539. The summed E-state index contributed by atoms with van der Waals surface area (Å²) in [6, 6.07) is 21.3. The molecule has 0 bridgehead atoms. The third-order valence-electron chi connectivity index (χ3n) is 4.55. The van der Waals surface area contributed by atoms with Crippen molar-refractivity contribution in [2.24, 2.45) is 0 Å². The minimum Gasteiger partial charge on any atom is -0.479 e. The summed E-state index contributed by atoms with van der Waals surface area (Å²) in [6.45, 7) is 1.79. The highest BCUT2D eigenvalue weighted by Gasteiger charge is 2.38. The molecule has 3 aromatic rings. The first-order chi connectivity index (χ1) is 12.9. The van der Waals surface area contributed by atoms with Crippen LogP contribution >= 0.6 is 7.60 Å². The normalized spacial score (nSPS) is 15.8. The summed E-state index contributed by atoms with van der Waals surface area (Å²) < 4.78 is 18.5. The minimum absolute atomic E-state index is 0.326. The van der Waals surface area contributed by atoms with Gasteiger partial charge in [-0.15, -0.1) is 0 Å². The first-order valence-corrected chi connectivity index (χ1v) is 10.3. The van der Waals surface area contributed by atoms with Crippen LogP contribution in [0.5, 0.6) is 0 Å². The molecule has 3 unspecified atom stereocenters. The Kier molecular flexibility index (Phi) is 5.76. The van der Waals surface area contributed by atoms with Gasteiger partial charge in [-0.1, -0.05) is 79.7 Å². The molecule has 0 saturated carbocycles. The number of rotatable bonds is 7. The van der Waals surface area contributed by atoms with Crippen LogP contribution in [0.3, 0.4) is 0 Å². The lowest BCUT2D eigenvalue weighted by atomic mass is 10.0. The average Bonchev–Trinajstić information content (AvgIpc) is 2.67. The number of carboxylic acids is 1. The van der Waals surface area contributed by atoms with Gasteiger partial charge in [0.25, 0.3) is 0 Å². The lowest BCUT2D eigenvalue weighted by Gasteiger charge is -2.26. The molecule has 0 aliphatic heterocycles. The Bertz CT molecular complexity index is 981. The number of hydrogen-bond donors (Lipinski definition) is 2. The van der Waals surface area contributed by atoms with Crippen molar-refractivity contribution in [2.45, 2.75) is 25.1 Å². The van der Waals surface area contributed by atoms with Gasteiger partial charge in [-0.05, 0) is 28.3 Å². The van der Waals surface area contributed by atoms with Crippen LogP contribution in [0.15, 0.2) is 72.8 Å². The van der Waals surface area contributed by atoms with Gasteiger partial charge in [-0.3, -0.25) is 9.09 Å². The van der Waals surface area contributed by atoms with Crippen molar-refractivity contribution in [1.29, 1.82) is 0 Å². The van der Waals surface area contributed by atoms with Crippen molar-refractivity contribution in [1.82, 2.24) is 0 Å². The highest BCUT2D eigenvalue weighted by atomic mass is 31.2. The molecule has 5 nitrogen and oxygen atoms in total. The molecule has 0 heterocycles. The van der Waals surface area contributed by atoms with Gasteiger partial charge in [-0.2, -0.15) is 0 Å². The molecule has 0 radical (unpaired) electrons. The molecular formula is C21H21O5P. The predicted octanol–water partition coefficient (Wildman–Crippen LogP) is 5.32. The maximum absolute atomic E-state index is 13.1. The van der Waals surface area contributed by atoms with Crippen molar-refractivity contribution >= 4 is 24.3 Å². The van der Waals surface area contributed by atoms with E-state index in [2.05, 4.69) is 0 Å². The topological polar surface area (TPSA) is 83.8 Å². The average molecular weight is 384 g/mol. The summed E-state index contributed by atoms with van der Waals surface area (Å²) >= 11 is 0. The monoisotopic (exact) mass is 384 g/mol. The predicted molar refractivity (Wildman–Crippen MR) is 105 cm³/mol. The van der Waals surface area contributed by atoms with E-state index < -0.39 is 25.3 Å². The smallest absolute Gasteiger partial charge is 0.338 e. The maximum Gasteiger partial charge on any atom is 0.338 e. The SMILES string of the molecule is CCC(c1cccc2ccccc12)P(=O)(O)OC(C(=O)O)c1ccccc1. The first kappa shape index (κ1) is 19.3. The Morgan fingerprint density at radius 3 is 2.30 bits per heavy atom. The number of aliphatic carboxylic acids is 1. The van der Waals surface area contributed by atoms with Crippen LogP contribution in [-0.4, -0.2) is 16.0 Å². The van der Waals surface area contributed by atoms with E-state index in [1.165, 1.54) is 0 Å². The zero-order valence-electron chi connectivity index (χ0n) is 14.9. The Morgan fingerprint density at radius 1 is 1.00 bits per heavy atom. The van der Waals surface area contributed by atoms with Crippen LogP contribution in [0, 0.1) is 0 Å². The molecule has 0 fully saturated rings. The molecule has 2 N–H and O–H groups in total. The molecule has 0 saturated heterocycles. The second kappa shape index (κ2) is 8.05.